The Kier molecular flexibility index (Phi) is 4.82. The lowest BCUT2D eigenvalue weighted by Gasteiger charge is -2.61. The van der Waals surface area contributed by atoms with Gasteiger partial charge in [0.15, 0.2) is 0 Å². The van der Waals surface area contributed by atoms with Crippen molar-refractivity contribution in [2.75, 3.05) is 0 Å². The van der Waals surface area contributed by atoms with E-state index in [1.807, 2.05) is 0 Å². The fourth-order valence-electron chi connectivity index (χ4n) is 8.53. The van der Waals surface area contributed by atoms with Crippen LogP contribution in [0.5, 0.6) is 0 Å². The molecule has 4 rings (SSSR count). The molecule has 0 aromatic rings. The zero-order chi connectivity index (χ0) is 18.7. The summed E-state index contributed by atoms with van der Waals surface area (Å²) in [5, 5.41) is 0. The van der Waals surface area contributed by atoms with Crippen molar-refractivity contribution < 1.29 is 4.74 Å². The zero-order valence-corrected chi connectivity index (χ0v) is 18.4. The van der Waals surface area contributed by atoms with Gasteiger partial charge in [-0.15, -0.1) is 0 Å². The molecule has 0 amide bonds. The monoisotopic (exact) mass is 360 g/mol. The molecule has 4 saturated carbocycles. The Morgan fingerprint density at radius 1 is 0.923 bits per heavy atom. The van der Waals surface area contributed by atoms with Crippen LogP contribution in [0, 0.1) is 40.4 Å². The van der Waals surface area contributed by atoms with Crippen LogP contribution in [0.1, 0.15) is 106 Å². The zero-order valence-electron chi connectivity index (χ0n) is 18.4. The summed E-state index contributed by atoms with van der Waals surface area (Å²) in [5.74, 6) is 4.75. The van der Waals surface area contributed by atoms with Gasteiger partial charge < -0.3 is 4.74 Å². The predicted octanol–water partition coefficient (Wildman–Crippen LogP) is 7.24. The van der Waals surface area contributed by atoms with Gasteiger partial charge in [-0.05, 0) is 113 Å². The first kappa shape index (κ1) is 19.3. The second-order valence-corrected chi connectivity index (χ2v) is 12.1. The van der Waals surface area contributed by atoms with Crippen LogP contribution in [0.4, 0.5) is 0 Å². The minimum Gasteiger partial charge on any atom is -0.373 e. The van der Waals surface area contributed by atoms with E-state index in [-0.39, 0.29) is 5.60 Å². The van der Waals surface area contributed by atoms with Crippen LogP contribution in [0.25, 0.3) is 0 Å². The highest BCUT2D eigenvalue weighted by molar-refractivity contribution is 5.10. The van der Waals surface area contributed by atoms with Crippen molar-refractivity contribution in [3.05, 3.63) is 0 Å². The Morgan fingerprint density at radius 3 is 2.38 bits per heavy atom. The molecule has 0 aromatic heterocycles. The minimum atomic E-state index is 0.00272. The van der Waals surface area contributed by atoms with E-state index in [0.717, 1.165) is 29.6 Å². The van der Waals surface area contributed by atoms with E-state index in [9.17, 15) is 0 Å². The lowest BCUT2D eigenvalue weighted by atomic mass is 9.44. The molecule has 0 radical (unpaired) electrons. The van der Waals surface area contributed by atoms with Crippen LogP contribution in [-0.4, -0.2) is 11.7 Å². The second-order valence-electron chi connectivity index (χ2n) is 12.1. The number of hydrogen-bond donors (Lipinski definition) is 0. The standard InChI is InChI=1S/C25H44O/c1-17(2)25-14-12-21-20(11-10-18-9-7-8-13-24(18,21)6)22(25)15-19(16-25)26-23(3,4)5/h17-22H,7-16H2,1-6H3/t18-,19+,20-,21+,22+,24+,25-/m1/s1. The Morgan fingerprint density at radius 2 is 1.69 bits per heavy atom. The molecule has 1 heteroatoms. The maximum absolute atomic E-state index is 6.58. The van der Waals surface area contributed by atoms with Gasteiger partial charge in [0.1, 0.15) is 0 Å². The van der Waals surface area contributed by atoms with E-state index in [1.54, 1.807) is 0 Å². The molecule has 0 N–H and O–H groups in total. The van der Waals surface area contributed by atoms with Crippen LogP contribution < -0.4 is 0 Å². The SMILES string of the molecule is CC(C)[C@]12CC[C@H]3[C@@H](CC[C@H]4CCCC[C@@]43C)[C@@H]1C[C@H](OC(C)(C)C)C2. The normalized spacial score (nSPS) is 48.8. The van der Waals surface area contributed by atoms with Crippen molar-refractivity contribution in [1.29, 1.82) is 0 Å². The fraction of sp³-hybridized carbons (Fsp3) is 1.00. The number of fused-ring (bicyclic) bond motifs is 5. The van der Waals surface area contributed by atoms with Gasteiger partial charge in [0, 0.05) is 0 Å². The summed E-state index contributed by atoms with van der Waals surface area (Å²) in [6, 6.07) is 0. The van der Waals surface area contributed by atoms with Crippen molar-refractivity contribution in [1.82, 2.24) is 0 Å². The fourth-order valence-corrected chi connectivity index (χ4v) is 8.53. The summed E-state index contributed by atoms with van der Waals surface area (Å²) in [6.45, 7) is 14.5. The number of ether oxygens (including phenoxy) is 1. The van der Waals surface area contributed by atoms with Gasteiger partial charge in [-0.2, -0.15) is 0 Å². The van der Waals surface area contributed by atoms with E-state index >= 15 is 0 Å². The molecular weight excluding hydrogens is 316 g/mol. The first-order valence-electron chi connectivity index (χ1n) is 11.8. The smallest absolute Gasteiger partial charge is 0.0602 e. The Hall–Kier alpha value is -0.0400. The molecule has 7 atom stereocenters. The van der Waals surface area contributed by atoms with Gasteiger partial charge in [0.25, 0.3) is 0 Å². The Labute approximate surface area is 163 Å². The van der Waals surface area contributed by atoms with Crippen LogP contribution in [-0.2, 0) is 4.74 Å². The maximum Gasteiger partial charge on any atom is 0.0602 e. The topological polar surface area (TPSA) is 9.23 Å². The highest BCUT2D eigenvalue weighted by atomic mass is 16.5. The van der Waals surface area contributed by atoms with Gasteiger partial charge in [-0.3, -0.25) is 0 Å². The van der Waals surface area contributed by atoms with Crippen LogP contribution in [0.2, 0.25) is 0 Å². The highest BCUT2D eigenvalue weighted by Crippen LogP contribution is 2.68. The molecule has 4 aliphatic carbocycles. The summed E-state index contributed by atoms with van der Waals surface area (Å²) >= 11 is 0. The molecule has 0 heterocycles. The van der Waals surface area contributed by atoms with Gasteiger partial charge in [-0.25, -0.2) is 0 Å². The Bertz CT molecular complexity index is 517. The average molecular weight is 361 g/mol. The second kappa shape index (κ2) is 6.50. The molecule has 0 spiro atoms. The predicted molar refractivity (Wildman–Crippen MR) is 110 cm³/mol. The van der Waals surface area contributed by atoms with Crippen LogP contribution in [0.15, 0.2) is 0 Å². The molecule has 4 fully saturated rings. The van der Waals surface area contributed by atoms with E-state index in [0.29, 0.717) is 16.9 Å². The summed E-state index contributed by atoms with van der Waals surface area (Å²) in [7, 11) is 0. The Balaban J connectivity index is 1.61. The van der Waals surface area contributed by atoms with Crippen LogP contribution in [0.3, 0.4) is 0 Å². The summed E-state index contributed by atoms with van der Waals surface area (Å²) in [4.78, 5) is 0. The third kappa shape index (κ3) is 2.99. The average Bonchev–Trinajstić information content (AvgIpc) is 2.91. The third-order valence-electron chi connectivity index (χ3n) is 9.63. The van der Waals surface area contributed by atoms with Crippen molar-refractivity contribution >= 4 is 0 Å². The van der Waals surface area contributed by atoms with Crippen molar-refractivity contribution in [2.24, 2.45) is 40.4 Å². The maximum atomic E-state index is 6.58. The summed E-state index contributed by atoms with van der Waals surface area (Å²) < 4.78 is 6.58. The molecular formula is C25H44O. The summed E-state index contributed by atoms with van der Waals surface area (Å²) in [5.41, 5.74) is 1.23. The number of rotatable bonds is 2. The molecule has 26 heavy (non-hydrogen) atoms. The molecule has 0 bridgehead atoms. The van der Waals surface area contributed by atoms with E-state index < -0.39 is 0 Å². The quantitative estimate of drug-likeness (QED) is 0.504. The first-order valence-corrected chi connectivity index (χ1v) is 11.8. The summed E-state index contributed by atoms with van der Waals surface area (Å²) in [6.07, 6.45) is 15.2. The van der Waals surface area contributed by atoms with Gasteiger partial charge in [0.2, 0.25) is 0 Å². The van der Waals surface area contributed by atoms with Crippen molar-refractivity contribution in [3.63, 3.8) is 0 Å². The van der Waals surface area contributed by atoms with E-state index in [2.05, 4.69) is 41.5 Å². The molecule has 0 unspecified atom stereocenters. The van der Waals surface area contributed by atoms with Gasteiger partial charge >= 0.3 is 0 Å². The lowest BCUT2D eigenvalue weighted by Crippen LogP contribution is -2.53. The largest absolute Gasteiger partial charge is 0.373 e. The molecule has 0 saturated heterocycles. The van der Waals surface area contributed by atoms with Crippen LogP contribution >= 0.6 is 0 Å². The first-order chi connectivity index (χ1) is 12.2. The third-order valence-corrected chi connectivity index (χ3v) is 9.63. The van der Waals surface area contributed by atoms with Crippen molar-refractivity contribution in [2.45, 2.75) is 117 Å². The highest BCUT2D eigenvalue weighted by Gasteiger charge is 2.61. The molecule has 0 aromatic carbocycles. The molecule has 4 aliphatic rings. The van der Waals surface area contributed by atoms with E-state index in [4.69, 9.17) is 4.74 Å². The minimum absolute atomic E-state index is 0.00272. The lowest BCUT2D eigenvalue weighted by molar-refractivity contribution is -0.118. The van der Waals surface area contributed by atoms with E-state index in [1.165, 1.54) is 64.2 Å². The molecule has 150 valence electrons. The number of hydrogen-bond acceptors (Lipinski definition) is 1. The van der Waals surface area contributed by atoms with Gasteiger partial charge in [0.05, 0.1) is 11.7 Å². The molecule has 0 aliphatic heterocycles. The van der Waals surface area contributed by atoms with Gasteiger partial charge in [-0.1, -0.05) is 33.6 Å². The van der Waals surface area contributed by atoms with Crippen molar-refractivity contribution in [3.8, 4) is 0 Å². The molecule has 1 nitrogen and oxygen atoms in total.